The van der Waals surface area contributed by atoms with Gasteiger partial charge >= 0.3 is 6.09 Å². The molecule has 0 bridgehead atoms. The van der Waals surface area contributed by atoms with Gasteiger partial charge in [0.2, 0.25) is 11.8 Å². The van der Waals surface area contributed by atoms with Crippen molar-refractivity contribution >= 4 is 17.9 Å². The number of hydrogen-bond donors (Lipinski definition) is 1. The third-order valence-electron chi connectivity index (χ3n) is 6.75. The van der Waals surface area contributed by atoms with Crippen molar-refractivity contribution in [3.8, 4) is 12.3 Å². The van der Waals surface area contributed by atoms with Crippen molar-refractivity contribution < 1.29 is 42.8 Å². The predicted molar refractivity (Wildman–Crippen MR) is 159 cm³/mol. The van der Waals surface area contributed by atoms with Crippen LogP contribution in [-0.4, -0.2) is 106 Å². The zero-order chi connectivity index (χ0) is 31.6. The lowest BCUT2D eigenvalue weighted by molar-refractivity contribution is -0.134. The van der Waals surface area contributed by atoms with Crippen molar-refractivity contribution in [1.29, 1.82) is 0 Å². The number of nitrogens with one attached hydrogen (secondary N) is 1. The van der Waals surface area contributed by atoms with Crippen molar-refractivity contribution in [2.24, 2.45) is 5.92 Å². The lowest BCUT2D eigenvalue weighted by Gasteiger charge is -2.44. The van der Waals surface area contributed by atoms with Gasteiger partial charge in [0.1, 0.15) is 12.2 Å². The lowest BCUT2D eigenvalue weighted by Crippen LogP contribution is -2.64. The molecular weight excluding hydrogens is 544 g/mol. The van der Waals surface area contributed by atoms with E-state index in [0.717, 1.165) is 11.3 Å². The highest BCUT2D eigenvalue weighted by Gasteiger charge is 2.53. The molecule has 1 fully saturated rings. The van der Waals surface area contributed by atoms with Crippen LogP contribution in [0, 0.1) is 18.3 Å². The quantitative estimate of drug-likeness (QED) is 0.128. The van der Waals surface area contributed by atoms with E-state index in [9.17, 15) is 14.4 Å². The van der Waals surface area contributed by atoms with Crippen molar-refractivity contribution in [1.82, 2.24) is 10.2 Å². The molecule has 0 radical (unpaired) electrons. The van der Waals surface area contributed by atoms with Crippen molar-refractivity contribution in [3.63, 3.8) is 0 Å². The molecule has 1 saturated heterocycles. The standard InChI is InChI=1S/C31H52N2O9/c1-9-12-24-23-26(35)33(29(36)42-30(4,5)6)27(24)28(31(7,37-8)14-10-2)32-25(34)13-16-39-18-20-41-22-21-40-19-17-38-15-11-3/h3,9,12,24,27-28H,10,13-23H2,1-2,4-8H3,(H,32,34)/b12-9-/t24-,27-,28-,31?/m1/s1. The van der Waals surface area contributed by atoms with Gasteiger partial charge in [0.15, 0.2) is 0 Å². The summed E-state index contributed by atoms with van der Waals surface area (Å²) in [6, 6.07) is -1.38. The molecular formula is C31H52N2O9. The maximum absolute atomic E-state index is 13.3. The van der Waals surface area contributed by atoms with Gasteiger partial charge < -0.3 is 33.7 Å². The van der Waals surface area contributed by atoms with Crippen LogP contribution < -0.4 is 5.32 Å². The molecule has 0 aromatic rings. The number of terminal acetylenes is 1. The fourth-order valence-electron chi connectivity index (χ4n) is 4.82. The molecule has 3 amide bonds. The maximum atomic E-state index is 13.3. The summed E-state index contributed by atoms with van der Waals surface area (Å²) in [7, 11) is 1.58. The van der Waals surface area contributed by atoms with E-state index in [2.05, 4.69) is 11.2 Å². The molecule has 4 atom stereocenters. The first-order chi connectivity index (χ1) is 19.9. The molecule has 1 aliphatic heterocycles. The summed E-state index contributed by atoms with van der Waals surface area (Å²) in [5.74, 6) is 1.44. The molecule has 1 aliphatic rings. The second-order valence-corrected chi connectivity index (χ2v) is 11.3. The smallest absolute Gasteiger partial charge is 0.417 e. The number of amides is 3. The average molecular weight is 597 g/mol. The summed E-state index contributed by atoms with van der Waals surface area (Å²) in [5.41, 5.74) is -1.65. The molecule has 1 heterocycles. The number of hydrogen-bond acceptors (Lipinski definition) is 9. The first-order valence-electron chi connectivity index (χ1n) is 14.7. The molecule has 0 aromatic carbocycles. The average Bonchev–Trinajstić information content (AvgIpc) is 3.24. The van der Waals surface area contributed by atoms with Gasteiger partial charge in [0.25, 0.3) is 0 Å². The number of carbonyl (C=O) groups is 3. The summed E-state index contributed by atoms with van der Waals surface area (Å²) >= 11 is 0. The van der Waals surface area contributed by atoms with Crippen molar-refractivity contribution in [2.75, 3.05) is 60.0 Å². The van der Waals surface area contributed by atoms with Gasteiger partial charge in [0.05, 0.1) is 63.9 Å². The molecule has 1 N–H and O–H groups in total. The van der Waals surface area contributed by atoms with Crippen LogP contribution in [0.1, 0.15) is 67.2 Å². The minimum atomic E-state index is -0.857. The summed E-state index contributed by atoms with van der Waals surface area (Å²) in [6.07, 6.45) is 9.70. The van der Waals surface area contributed by atoms with Crippen LogP contribution in [0.25, 0.3) is 0 Å². The Morgan fingerprint density at radius 3 is 2.12 bits per heavy atom. The monoisotopic (exact) mass is 596 g/mol. The van der Waals surface area contributed by atoms with E-state index in [1.165, 1.54) is 0 Å². The largest absolute Gasteiger partial charge is 0.443 e. The third-order valence-corrected chi connectivity index (χ3v) is 6.75. The highest BCUT2D eigenvalue weighted by atomic mass is 16.6. The van der Waals surface area contributed by atoms with E-state index in [4.69, 9.17) is 34.8 Å². The number of nitrogens with zero attached hydrogens (tertiary/aromatic N) is 1. The van der Waals surface area contributed by atoms with Gasteiger partial charge in [-0.05, 0) is 41.0 Å². The molecule has 42 heavy (non-hydrogen) atoms. The summed E-state index contributed by atoms with van der Waals surface area (Å²) in [5, 5.41) is 3.09. The number of rotatable bonds is 20. The van der Waals surface area contributed by atoms with Crippen LogP contribution in [0.4, 0.5) is 4.79 Å². The second-order valence-electron chi connectivity index (χ2n) is 11.3. The topological polar surface area (TPSA) is 122 Å². The van der Waals surface area contributed by atoms with Gasteiger partial charge in [-0.25, -0.2) is 9.69 Å². The van der Waals surface area contributed by atoms with Gasteiger partial charge in [-0.15, -0.1) is 6.42 Å². The summed E-state index contributed by atoms with van der Waals surface area (Å²) in [6.45, 7) is 13.9. The maximum Gasteiger partial charge on any atom is 0.417 e. The van der Waals surface area contributed by atoms with Crippen LogP contribution in [0.15, 0.2) is 12.2 Å². The first-order valence-corrected chi connectivity index (χ1v) is 14.7. The van der Waals surface area contributed by atoms with E-state index in [-0.39, 0.29) is 43.8 Å². The molecule has 0 aromatic heterocycles. The van der Waals surface area contributed by atoms with E-state index in [1.807, 2.05) is 32.9 Å². The Morgan fingerprint density at radius 1 is 1.05 bits per heavy atom. The highest BCUT2D eigenvalue weighted by Crippen LogP contribution is 2.37. The first kappa shape index (κ1) is 37.5. The number of methoxy groups -OCH3 is 1. The minimum Gasteiger partial charge on any atom is -0.443 e. The zero-order valence-electron chi connectivity index (χ0n) is 26.6. The van der Waals surface area contributed by atoms with Crippen LogP contribution in [0.5, 0.6) is 0 Å². The third kappa shape index (κ3) is 13.2. The predicted octanol–water partition coefficient (Wildman–Crippen LogP) is 3.49. The highest BCUT2D eigenvalue weighted by molar-refractivity contribution is 5.95. The Morgan fingerprint density at radius 2 is 1.62 bits per heavy atom. The molecule has 1 rings (SSSR count). The summed E-state index contributed by atoms with van der Waals surface area (Å²) < 4.78 is 33.1. The zero-order valence-corrected chi connectivity index (χ0v) is 26.6. The second kappa shape index (κ2) is 19.7. The molecule has 11 heteroatoms. The molecule has 0 saturated carbocycles. The van der Waals surface area contributed by atoms with E-state index in [1.54, 1.807) is 27.9 Å². The van der Waals surface area contributed by atoms with Gasteiger partial charge in [0, 0.05) is 25.9 Å². The van der Waals surface area contributed by atoms with Crippen LogP contribution in [-0.2, 0) is 38.0 Å². The molecule has 240 valence electrons. The SMILES string of the molecule is C#CCOCCOCCOCCOCCC(=O)N[C@H]([C@H]1[C@H](/C=C\C)CC(=O)N1C(=O)OC(C)(C)C)C(C)(CCC)OC. The van der Waals surface area contributed by atoms with Crippen LogP contribution in [0.3, 0.4) is 0 Å². The van der Waals surface area contributed by atoms with Crippen LogP contribution in [0.2, 0.25) is 0 Å². The molecule has 0 spiro atoms. The fraction of sp³-hybridized carbons (Fsp3) is 0.774. The number of ether oxygens (including phenoxy) is 6. The van der Waals surface area contributed by atoms with Gasteiger partial charge in [-0.3, -0.25) is 9.59 Å². The number of likely N-dealkylation sites (tertiary alicyclic amines) is 1. The Labute approximate surface area is 251 Å². The fourth-order valence-corrected chi connectivity index (χ4v) is 4.82. The Kier molecular flexibility index (Phi) is 17.6. The Balaban J connectivity index is 2.80. The molecule has 1 unspecified atom stereocenters. The number of imide groups is 1. The van der Waals surface area contributed by atoms with E-state index >= 15 is 0 Å². The molecule has 0 aliphatic carbocycles. The van der Waals surface area contributed by atoms with Crippen LogP contribution >= 0.6 is 0 Å². The van der Waals surface area contributed by atoms with Crippen molar-refractivity contribution in [2.45, 2.75) is 90.5 Å². The normalized spacial score (nSPS) is 19.5. The number of allylic oxidation sites excluding steroid dienone is 1. The van der Waals surface area contributed by atoms with Crippen molar-refractivity contribution in [3.05, 3.63) is 12.2 Å². The van der Waals surface area contributed by atoms with Gasteiger partial charge in [-0.1, -0.05) is 31.4 Å². The summed E-state index contributed by atoms with van der Waals surface area (Å²) in [4.78, 5) is 40.8. The minimum absolute atomic E-state index is 0.0879. The Hall–Kier alpha value is -2.49. The lowest BCUT2D eigenvalue weighted by atomic mass is 9.81. The van der Waals surface area contributed by atoms with E-state index in [0.29, 0.717) is 46.1 Å². The van der Waals surface area contributed by atoms with Gasteiger partial charge in [-0.2, -0.15) is 0 Å². The number of carbonyl (C=O) groups excluding carboxylic acids is 3. The molecule has 11 nitrogen and oxygen atoms in total. The van der Waals surface area contributed by atoms with E-state index < -0.39 is 29.4 Å². The Bertz CT molecular complexity index is 896.